The van der Waals surface area contributed by atoms with Crippen LogP contribution in [0.1, 0.15) is 58.2 Å². The van der Waals surface area contributed by atoms with Gasteiger partial charge in [-0.1, -0.05) is 48.0 Å². The van der Waals surface area contributed by atoms with E-state index in [4.69, 9.17) is 16.3 Å². The topological polar surface area (TPSA) is 124 Å². The van der Waals surface area contributed by atoms with Crippen LogP contribution in [0.25, 0.3) is 10.9 Å². The molecule has 4 aromatic rings. The van der Waals surface area contributed by atoms with Gasteiger partial charge in [0.1, 0.15) is 0 Å². The van der Waals surface area contributed by atoms with Gasteiger partial charge in [-0.15, -0.1) is 0 Å². The fourth-order valence-corrected chi connectivity index (χ4v) is 5.49. The van der Waals surface area contributed by atoms with E-state index in [-0.39, 0.29) is 36.3 Å². The number of nitrogens with zero attached hydrogens (tertiary/aromatic N) is 1. The third kappa shape index (κ3) is 7.96. The van der Waals surface area contributed by atoms with Gasteiger partial charge in [0.2, 0.25) is 10.0 Å². The maximum atomic E-state index is 13.4. The van der Waals surface area contributed by atoms with Crippen molar-refractivity contribution in [2.24, 2.45) is 0 Å². The fraction of sp³-hybridized carbons (Fsp3) is 0.233. The van der Waals surface area contributed by atoms with Gasteiger partial charge in [0.25, 0.3) is 11.8 Å². The Bertz CT molecular complexity index is 1660. The molecule has 3 aromatic carbocycles. The lowest BCUT2D eigenvalue weighted by atomic mass is 10.0. The molecule has 0 fully saturated rings. The second-order valence-corrected chi connectivity index (χ2v) is 11.9. The van der Waals surface area contributed by atoms with Gasteiger partial charge in [-0.25, -0.2) is 13.1 Å². The van der Waals surface area contributed by atoms with Gasteiger partial charge in [0.05, 0.1) is 29.5 Å². The summed E-state index contributed by atoms with van der Waals surface area (Å²) in [5, 5.41) is 4.61. The first-order chi connectivity index (χ1) is 19.5. The highest BCUT2D eigenvalue weighted by atomic mass is 35.5. The average molecular weight is 596 g/mol. The summed E-state index contributed by atoms with van der Waals surface area (Å²) in [5.74, 6) is -1.88. The fourth-order valence-electron chi connectivity index (χ4n) is 4.36. The molecule has 0 saturated carbocycles. The predicted octanol–water partition coefficient (Wildman–Crippen LogP) is 4.85. The molecule has 0 aliphatic rings. The minimum Gasteiger partial charge on any atom is -0.466 e. The standard InChI is InChI=1S/C30H30ClN3O6S/c1-20(23-9-11-25(12-10-23)29(36)33-41(38,39)18-4-17-40-21(2)35)32-30(37)27-6-3-5-24-15-16-34(28(24)27)19-22-7-13-26(31)14-8-22/h3,5-16,20H,4,17-19H2,1-2H3,(H,32,37)(H,33,36)/t20-/m0/s1. The second kappa shape index (κ2) is 13.0. The monoisotopic (exact) mass is 595 g/mol. The molecule has 214 valence electrons. The highest BCUT2D eigenvalue weighted by molar-refractivity contribution is 7.90. The molecule has 1 aromatic heterocycles. The highest BCUT2D eigenvalue weighted by Crippen LogP contribution is 2.23. The third-order valence-electron chi connectivity index (χ3n) is 6.43. The number of carbonyl (C=O) groups excluding carboxylic acids is 3. The van der Waals surface area contributed by atoms with Gasteiger partial charge >= 0.3 is 5.97 Å². The van der Waals surface area contributed by atoms with Crippen LogP contribution in [0.5, 0.6) is 0 Å². The Morgan fingerprint density at radius 2 is 1.66 bits per heavy atom. The molecule has 0 saturated heterocycles. The lowest BCUT2D eigenvalue weighted by Crippen LogP contribution is -2.33. The molecule has 1 heterocycles. The van der Waals surface area contributed by atoms with E-state index in [1.807, 2.05) is 64.9 Å². The number of esters is 1. The third-order valence-corrected chi connectivity index (χ3v) is 8.01. The number of sulfonamides is 1. The number of ether oxygens (including phenoxy) is 1. The summed E-state index contributed by atoms with van der Waals surface area (Å²) in [6.45, 7) is 3.58. The van der Waals surface area contributed by atoms with Crippen molar-refractivity contribution in [3.8, 4) is 0 Å². The van der Waals surface area contributed by atoms with Crippen LogP contribution in [-0.2, 0) is 26.1 Å². The Kier molecular flexibility index (Phi) is 9.46. The molecule has 2 N–H and O–H groups in total. The molecular weight excluding hydrogens is 566 g/mol. The number of hydrogen-bond acceptors (Lipinski definition) is 6. The number of carbonyl (C=O) groups is 3. The number of rotatable bonds is 11. The first kappa shape index (κ1) is 29.8. The smallest absolute Gasteiger partial charge is 0.302 e. The van der Waals surface area contributed by atoms with E-state index >= 15 is 0 Å². The van der Waals surface area contributed by atoms with Crippen molar-refractivity contribution >= 4 is 50.3 Å². The van der Waals surface area contributed by atoms with E-state index in [2.05, 4.69) is 5.32 Å². The number of nitrogens with one attached hydrogen (secondary N) is 2. The lowest BCUT2D eigenvalue weighted by molar-refractivity contribution is -0.140. The second-order valence-electron chi connectivity index (χ2n) is 9.57. The Hall–Kier alpha value is -4.15. The molecule has 0 aliphatic heterocycles. The highest BCUT2D eigenvalue weighted by Gasteiger charge is 2.19. The summed E-state index contributed by atoms with van der Waals surface area (Å²) in [4.78, 5) is 36.6. The average Bonchev–Trinajstić information content (AvgIpc) is 3.35. The minimum atomic E-state index is -3.89. The van der Waals surface area contributed by atoms with E-state index < -0.39 is 21.9 Å². The van der Waals surface area contributed by atoms with Crippen LogP contribution >= 0.6 is 11.6 Å². The summed E-state index contributed by atoms with van der Waals surface area (Å²) < 4.78 is 33.1. The zero-order chi connectivity index (χ0) is 29.6. The molecule has 11 heteroatoms. The summed E-state index contributed by atoms with van der Waals surface area (Å²) in [6.07, 6.45) is 2.02. The number of benzene rings is 3. The van der Waals surface area contributed by atoms with E-state index in [1.54, 1.807) is 18.2 Å². The molecule has 9 nitrogen and oxygen atoms in total. The zero-order valence-electron chi connectivity index (χ0n) is 22.6. The van der Waals surface area contributed by atoms with Gasteiger partial charge in [0, 0.05) is 35.6 Å². The molecule has 2 amide bonds. The molecule has 1 atom stereocenters. The van der Waals surface area contributed by atoms with Gasteiger partial charge in [-0.3, -0.25) is 14.4 Å². The van der Waals surface area contributed by atoms with Crippen molar-refractivity contribution in [1.29, 1.82) is 0 Å². The Morgan fingerprint density at radius 3 is 2.34 bits per heavy atom. The molecule has 0 radical (unpaired) electrons. The van der Waals surface area contributed by atoms with Crippen LogP contribution in [0, 0.1) is 0 Å². The number of aromatic nitrogens is 1. The van der Waals surface area contributed by atoms with E-state index in [0.29, 0.717) is 17.1 Å². The summed E-state index contributed by atoms with van der Waals surface area (Å²) in [7, 11) is -3.89. The number of halogens is 1. The first-order valence-corrected chi connectivity index (χ1v) is 15.0. The first-order valence-electron chi connectivity index (χ1n) is 12.9. The van der Waals surface area contributed by atoms with Gasteiger partial charge in [0.15, 0.2) is 0 Å². The van der Waals surface area contributed by atoms with Crippen molar-refractivity contribution < 1.29 is 27.5 Å². The SMILES string of the molecule is CC(=O)OCCCS(=O)(=O)NC(=O)c1ccc([C@H](C)NC(=O)c2cccc3ccn(Cc4ccc(Cl)cc4)c23)cc1. The van der Waals surface area contributed by atoms with Gasteiger partial charge in [-0.05, 0) is 60.9 Å². The lowest BCUT2D eigenvalue weighted by Gasteiger charge is -2.16. The molecule has 0 bridgehead atoms. The minimum absolute atomic E-state index is 0.0502. The summed E-state index contributed by atoms with van der Waals surface area (Å²) in [6, 6.07) is 21.0. The molecule has 0 spiro atoms. The van der Waals surface area contributed by atoms with Crippen molar-refractivity contribution in [2.75, 3.05) is 12.4 Å². The maximum absolute atomic E-state index is 13.4. The maximum Gasteiger partial charge on any atom is 0.302 e. The van der Waals surface area contributed by atoms with Crippen LogP contribution in [0.4, 0.5) is 0 Å². The van der Waals surface area contributed by atoms with Gasteiger partial charge < -0.3 is 14.6 Å². The molecule has 0 unspecified atom stereocenters. The Labute approximate surface area is 243 Å². The Morgan fingerprint density at radius 1 is 0.951 bits per heavy atom. The van der Waals surface area contributed by atoms with Gasteiger partial charge in [-0.2, -0.15) is 0 Å². The normalized spacial score (nSPS) is 12.1. The van der Waals surface area contributed by atoms with Crippen molar-refractivity contribution in [2.45, 2.75) is 32.9 Å². The van der Waals surface area contributed by atoms with Crippen molar-refractivity contribution in [3.05, 3.63) is 106 Å². The number of amides is 2. The van der Waals surface area contributed by atoms with Crippen molar-refractivity contribution in [3.63, 3.8) is 0 Å². The summed E-state index contributed by atoms with van der Waals surface area (Å²) >= 11 is 6.02. The molecule has 4 rings (SSSR count). The number of fused-ring (bicyclic) bond motifs is 1. The quantitative estimate of drug-likeness (QED) is 0.189. The Balaban J connectivity index is 1.41. The van der Waals surface area contributed by atoms with E-state index in [1.165, 1.54) is 19.1 Å². The largest absolute Gasteiger partial charge is 0.466 e. The molecule has 0 aliphatic carbocycles. The number of para-hydroxylation sites is 1. The van der Waals surface area contributed by atoms with E-state index in [0.717, 1.165) is 22.0 Å². The van der Waals surface area contributed by atoms with Crippen LogP contribution in [-0.4, -0.2) is 43.1 Å². The zero-order valence-corrected chi connectivity index (χ0v) is 24.2. The van der Waals surface area contributed by atoms with Crippen molar-refractivity contribution in [1.82, 2.24) is 14.6 Å². The summed E-state index contributed by atoms with van der Waals surface area (Å²) in [5.41, 5.74) is 3.29. The molecule has 41 heavy (non-hydrogen) atoms. The predicted molar refractivity (Wildman–Crippen MR) is 157 cm³/mol. The van der Waals surface area contributed by atoms with Crippen LogP contribution < -0.4 is 10.0 Å². The van der Waals surface area contributed by atoms with Crippen LogP contribution in [0.15, 0.2) is 79.0 Å². The molecular formula is C30H30ClN3O6S. The van der Waals surface area contributed by atoms with E-state index in [9.17, 15) is 22.8 Å². The van der Waals surface area contributed by atoms with Crippen LogP contribution in [0.2, 0.25) is 5.02 Å². The number of hydrogen-bond donors (Lipinski definition) is 2. The van der Waals surface area contributed by atoms with Crippen LogP contribution in [0.3, 0.4) is 0 Å².